The molecule has 1 atom stereocenters. The lowest BCUT2D eigenvalue weighted by molar-refractivity contribution is 0.589. The van der Waals surface area contributed by atoms with Crippen molar-refractivity contribution in [2.75, 3.05) is 0 Å². The number of halogens is 1. The summed E-state index contributed by atoms with van der Waals surface area (Å²) < 4.78 is 1.07. The molecule has 0 aliphatic heterocycles. The molecule has 1 nitrogen and oxygen atoms in total. The number of nitrogens with two attached hydrogens (primary N) is 1. The fourth-order valence-corrected chi connectivity index (χ4v) is 2.99. The van der Waals surface area contributed by atoms with Crippen LogP contribution >= 0.6 is 15.9 Å². The summed E-state index contributed by atoms with van der Waals surface area (Å²) in [6.07, 6.45) is 0. The van der Waals surface area contributed by atoms with Crippen molar-refractivity contribution in [2.24, 2.45) is 5.73 Å². The van der Waals surface area contributed by atoms with Crippen LogP contribution in [0.2, 0.25) is 0 Å². The fourth-order valence-electron chi connectivity index (χ4n) is 2.25. The van der Waals surface area contributed by atoms with Gasteiger partial charge in [-0.25, -0.2) is 0 Å². The minimum absolute atomic E-state index is 0.0982. The van der Waals surface area contributed by atoms with Crippen molar-refractivity contribution in [3.63, 3.8) is 0 Å². The monoisotopic (exact) mass is 331 g/mol. The standard InChI is InChI=1S/C18H22BrN/c1-12-5-10-15(16(19)11-12)17(20)13-6-8-14(9-7-13)18(2,3)4/h5-11,17H,20H2,1-4H3. The van der Waals surface area contributed by atoms with E-state index in [1.165, 1.54) is 11.1 Å². The zero-order chi connectivity index (χ0) is 14.9. The van der Waals surface area contributed by atoms with Crippen LogP contribution in [0, 0.1) is 6.92 Å². The van der Waals surface area contributed by atoms with Gasteiger partial charge in [0.2, 0.25) is 0 Å². The van der Waals surface area contributed by atoms with Crippen LogP contribution in [0.4, 0.5) is 0 Å². The molecule has 20 heavy (non-hydrogen) atoms. The van der Waals surface area contributed by atoms with Crippen molar-refractivity contribution < 1.29 is 0 Å². The van der Waals surface area contributed by atoms with E-state index in [2.05, 4.69) is 86.1 Å². The maximum Gasteiger partial charge on any atom is 0.0562 e. The normalized spacial score (nSPS) is 13.3. The molecular formula is C18H22BrN. The molecule has 2 heteroatoms. The highest BCUT2D eigenvalue weighted by molar-refractivity contribution is 9.10. The van der Waals surface area contributed by atoms with E-state index in [1.54, 1.807) is 0 Å². The highest BCUT2D eigenvalue weighted by atomic mass is 79.9. The largest absolute Gasteiger partial charge is 0.320 e. The molecule has 0 saturated carbocycles. The minimum atomic E-state index is -0.0982. The Morgan fingerprint density at radius 2 is 1.60 bits per heavy atom. The Balaban J connectivity index is 2.31. The van der Waals surface area contributed by atoms with Crippen molar-refractivity contribution in [3.05, 3.63) is 69.2 Å². The lowest BCUT2D eigenvalue weighted by atomic mass is 9.86. The van der Waals surface area contributed by atoms with Crippen LogP contribution in [0.15, 0.2) is 46.9 Å². The van der Waals surface area contributed by atoms with Gasteiger partial charge < -0.3 is 5.73 Å². The molecule has 2 rings (SSSR count). The maximum absolute atomic E-state index is 6.40. The Bertz CT molecular complexity index is 594. The molecule has 0 bridgehead atoms. The van der Waals surface area contributed by atoms with Gasteiger partial charge in [0.05, 0.1) is 6.04 Å². The van der Waals surface area contributed by atoms with Crippen molar-refractivity contribution in [2.45, 2.75) is 39.2 Å². The summed E-state index contributed by atoms with van der Waals surface area (Å²) in [6.45, 7) is 8.74. The lowest BCUT2D eigenvalue weighted by Crippen LogP contribution is -2.14. The number of rotatable bonds is 2. The molecule has 0 aromatic heterocycles. The molecule has 2 N–H and O–H groups in total. The predicted octanol–water partition coefficient (Wildman–Crippen LogP) is 5.10. The Morgan fingerprint density at radius 3 is 2.10 bits per heavy atom. The summed E-state index contributed by atoms with van der Waals surface area (Å²) in [7, 11) is 0. The maximum atomic E-state index is 6.40. The van der Waals surface area contributed by atoms with Gasteiger partial charge in [0, 0.05) is 4.47 Å². The summed E-state index contributed by atoms with van der Waals surface area (Å²) >= 11 is 3.61. The first kappa shape index (κ1) is 15.3. The van der Waals surface area contributed by atoms with E-state index in [1.807, 2.05) is 0 Å². The summed E-state index contributed by atoms with van der Waals surface area (Å²) in [4.78, 5) is 0. The molecule has 0 radical (unpaired) electrons. The fraction of sp³-hybridized carbons (Fsp3) is 0.333. The van der Waals surface area contributed by atoms with E-state index in [4.69, 9.17) is 5.73 Å². The van der Waals surface area contributed by atoms with Crippen LogP contribution in [0.3, 0.4) is 0 Å². The smallest absolute Gasteiger partial charge is 0.0562 e. The summed E-state index contributed by atoms with van der Waals surface area (Å²) in [6, 6.07) is 14.8. The topological polar surface area (TPSA) is 26.0 Å². The van der Waals surface area contributed by atoms with E-state index in [9.17, 15) is 0 Å². The van der Waals surface area contributed by atoms with Gasteiger partial charge >= 0.3 is 0 Å². The first-order chi connectivity index (χ1) is 9.29. The average molecular weight is 332 g/mol. The molecule has 0 aliphatic carbocycles. The molecule has 0 spiro atoms. The quantitative estimate of drug-likeness (QED) is 0.813. The van der Waals surface area contributed by atoms with E-state index < -0.39 is 0 Å². The molecule has 0 heterocycles. The van der Waals surface area contributed by atoms with Gasteiger partial charge in [-0.1, -0.05) is 73.1 Å². The molecule has 0 fully saturated rings. The summed E-state index contributed by atoms with van der Waals surface area (Å²) in [5.74, 6) is 0. The van der Waals surface area contributed by atoms with Gasteiger partial charge in [-0.2, -0.15) is 0 Å². The Labute approximate surface area is 130 Å². The van der Waals surface area contributed by atoms with Crippen LogP contribution < -0.4 is 5.73 Å². The van der Waals surface area contributed by atoms with Crippen LogP contribution in [-0.2, 0) is 5.41 Å². The molecule has 0 aliphatic rings. The van der Waals surface area contributed by atoms with Gasteiger partial charge in [-0.05, 0) is 40.7 Å². The number of aryl methyl sites for hydroxylation is 1. The van der Waals surface area contributed by atoms with Crippen molar-refractivity contribution in [1.29, 1.82) is 0 Å². The van der Waals surface area contributed by atoms with E-state index in [-0.39, 0.29) is 11.5 Å². The number of hydrogen-bond donors (Lipinski definition) is 1. The SMILES string of the molecule is Cc1ccc(C(N)c2ccc(C(C)(C)C)cc2)c(Br)c1. The van der Waals surface area contributed by atoms with Crippen molar-refractivity contribution in [3.8, 4) is 0 Å². The summed E-state index contributed by atoms with van der Waals surface area (Å²) in [5.41, 5.74) is 11.4. The first-order valence-corrected chi connectivity index (χ1v) is 7.70. The van der Waals surface area contributed by atoms with Crippen LogP contribution in [0.25, 0.3) is 0 Å². The van der Waals surface area contributed by atoms with Crippen LogP contribution in [0.1, 0.15) is 49.1 Å². The highest BCUT2D eigenvalue weighted by Crippen LogP contribution is 2.29. The Morgan fingerprint density at radius 1 is 1.00 bits per heavy atom. The van der Waals surface area contributed by atoms with Crippen molar-refractivity contribution >= 4 is 15.9 Å². The summed E-state index contributed by atoms with van der Waals surface area (Å²) in [5, 5.41) is 0. The molecule has 0 saturated heterocycles. The predicted molar refractivity (Wildman–Crippen MR) is 90.1 cm³/mol. The molecular weight excluding hydrogens is 310 g/mol. The molecule has 2 aromatic rings. The Kier molecular flexibility index (Phi) is 4.36. The van der Waals surface area contributed by atoms with Gasteiger partial charge in [0.25, 0.3) is 0 Å². The van der Waals surface area contributed by atoms with Gasteiger partial charge in [-0.15, -0.1) is 0 Å². The Hall–Kier alpha value is -1.12. The second-order valence-electron chi connectivity index (χ2n) is 6.37. The molecule has 106 valence electrons. The molecule has 2 aromatic carbocycles. The molecule has 1 unspecified atom stereocenters. The lowest BCUT2D eigenvalue weighted by Gasteiger charge is -2.21. The van der Waals surface area contributed by atoms with E-state index >= 15 is 0 Å². The third-order valence-electron chi connectivity index (χ3n) is 3.63. The zero-order valence-corrected chi connectivity index (χ0v) is 14.2. The highest BCUT2D eigenvalue weighted by Gasteiger charge is 2.16. The van der Waals surface area contributed by atoms with E-state index in [0.717, 1.165) is 15.6 Å². The second-order valence-corrected chi connectivity index (χ2v) is 7.23. The van der Waals surface area contributed by atoms with E-state index in [0.29, 0.717) is 0 Å². The number of benzene rings is 2. The van der Waals surface area contributed by atoms with Gasteiger partial charge in [0.1, 0.15) is 0 Å². The van der Waals surface area contributed by atoms with Crippen molar-refractivity contribution in [1.82, 2.24) is 0 Å². The second kappa shape index (κ2) is 5.71. The third kappa shape index (κ3) is 3.31. The van der Waals surface area contributed by atoms with Crippen LogP contribution in [-0.4, -0.2) is 0 Å². The zero-order valence-electron chi connectivity index (χ0n) is 12.6. The van der Waals surface area contributed by atoms with Gasteiger partial charge in [-0.3, -0.25) is 0 Å². The first-order valence-electron chi connectivity index (χ1n) is 6.91. The van der Waals surface area contributed by atoms with Gasteiger partial charge in [0.15, 0.2) is 0 Å². The average Bonchev–Trinajstić information content (AvgIpc) is 2.37. The number of hydrogen-bond acceptors (Lipinski definition) is 1. The van der Waals surface area contributed by atoms with Crippen LogP contribution in [0.5, 0.6) is 0 Å². The molecule has 0 amide bonds. The minimum Gasteiger partial charge on any atom is -0.320 e. The third-order valence-corrected chi connectivity index (χ3v) is 4.31.